The lowest BCUT2D eigenvalue weighted by Crippen LogP contribution is -2.46. The van der Waals surface area contributed by atoms with Crippen LogP contribution in [0.25, 0.3) is 0 Å². The van der Waals surface area contributed by atoms with E-state index in [1.165, 1.54) is 0 Å². The first-order valence-corrected chi connectivity index (χ1v) is 6.08. The van der Waals surface area contributed by atoms with Gasteiger partial charge in [0.05, 0.1) is 6.61 Å². The van der Waals surface area contributed by atoms with Gasteiger partial charge in [0.15, 0.2) is 12.1 Å². The molecule has 2 rings (SSSR count). The van der Waals surface area contributed by atoms with Crippen LogP contribution in [0, 0.1) is 0 Å². The van der Waals surface area contributed by atoms with E-state index in [0.717, 1.165) is 5.56 Å². The van der Waals surface area contributed by atoms with E-state index in [0.29, 0.717) is 0 Å². The predicted octanol–water partition coefficient (Wildman–Crippen LogP) is -0.440. The summed E-state index contributed by atoms with van der Waals surface area (Å²) in [5, 5.41) is 20.8. The Bertz CT molecular complexity index is 477. The van der Waals surface area contributed by atoms with Crippen molar-refractivity contribution in [1.29, 1.82) is 0 Å². The quantitative estimate of drug-likeness (QED) is 0.646. The maximum absolute atomic E-state index is 11.5. The molecule has 1 aromatic carbocycles. The van der Waals surface area contributed by atoms with Gasteiger partial charge in [0, 0.05) is 0 Å². The molecule has 0 unspecified atom stereocenters. The molecule has 1 aliphatic heterocycles. The minimum atomic E-state index is -1.29. The standard InChI is InChI=1S/C13H15NO6/c15-6-9-11(16)10(12(17)20-9)14-13(18)19-7-8-4-2-1-3-5-8/h1-5,9-11,15-16H,6-7H2,(H,14,18)/t9-,10-,11+/m1/s1. The molecule has 1 amide bonds. The number of benzene rings is 1. The molecule has 1 fully saturated rings. The van der Waals surface area contributed by atoms with Crippen molar-refractivity contribution in [3.8, 4) is 0 Å². The number of aliphatic hydroxyl groups is 2. The number of aliphatic hydroxyl groups excluding tert-OH is 2. The van der Waals surface area contributed by atoms with E-state index in [2.05, 4.69) is 10.1 Å². The van der Waals surface area contributed by atoms with Crippen LogP contribution in [0.5, 0.6) is 0 Å². The average Bonchev–Trinajstić information content (AvgIpc) is 2.73. The maximum atomic E-state index is 11.5. The molecule has 1 aromatic rings. The second-order valence-electron chi connectivity index (χ2n) is 4.33. The molecule has 7 nitrogen and oxygen atoms in total. The molecule has 0 spiro atoms. The molecular weight excluding hydrogens is 266 g/mol. The molecular formula is C13H15NO6. The van der Waals surface area contributed by atoms with Crippen molar-refractivity contribution in [3.05, 3.63) is 35.9 Å². The SMILES string of the molecule is O=C(N[C@H]1C(=O)O[C@H](CO)[C@@H]1O)OCc1ccccc1. The Balaban J connectivity index is 1.84. The number of nitrogens with one attached hydrogen (secondary N) is 1. The number of rotatable bonds is 4. The highest BCUT2D eigenvalue weighted by atomic mass is 16.6. The Morgan fingerprint density at radius 1 is 1.35 bits per heavy atom. The Morgan fingerprint density at radius 3 is 2.65 bits per heavy atom. The summed E-state index contributed by atoms with van der Waals surface area (Å²) in [6, 6.07) is 7.79. The zero-order valence-corrected chi connectivity index (χ0v) is 10.6. The normalized spacial score (nSPS) is 25.1. The largest absolute Gasteiger partial charge is 0.455 e. The van der Waals surface area contributed by atoms with Gasteiger partial charge in [0.2, 0.25) is 0 Å². The van der Waals surface area contributed by atoms with Crippen molar-refractivity contribution in [2.75, 3.05) is 6.61 Å². The second kappa shape index (κ2) is 6.36. The Kier molecular flexibility index (Phi) is 4.54. The van der Waals surface area contributed by atoms with Crippen LogP contribution < -0.4 is 5.32 Å². The second-order valence-corrected chi connectivity index (χ2v) is 4.33. The molecule has 3 N–H and O–H groups in total. The number of carbonyl (C=O) groups excluding carboxylic acids is 2. The first-order valence-electron chi connectivity index (χ1n) is 6.08. The lowest BCUT2D eigenvalue weighted by Gasteiger charge is -2.14. The first-order chi connectivity index (χ1) is 9.61. The van der Waals surface area contributed by atoms with E-state index < -0.39 is 36.9 Å². The van der Waals surface area contributed by atoms with E-state index >= 15 is 0 Å². The summed E-state index contributed by atoms with van der Waals surface area (Å²) < 4.78 is 9.61. The van der Waals surface area contributed by atoms with Gasteiger partial charge in [0.25, 0.3) is 0 Å². The number of carbonyl (C=O) groups is 2. The molecule has 7 heteroatoms. The van der Waals surface area contributed by atoms with Gasteiger partial charge in [-0.25, -0.2) is 9.59 Å². The minimum absolute atomic E-state index is 0.0496. The highest BCUT2D eigenvalue weighted by molar-refractivity contribution is 5.84. The molecule has 20 heavy (non-hydrogen) atoms. The highest BCUT2D eigenvalue weighted by Crippen LogP contribution is 2.15. The lowest BCUT2D eigenvalue weighted by molar-refractivity contribution is -0.144. The van der Waals surface area contributed by atoms with E-state index in [4.69, 9.17) is 9.84 Å². The average molecular weight is 281 g/mol. The number of hydrogen-bond donors (Lipinski definition) is 3. The van der Waals surface area contributed by atoms with Gasteiger partial charge in [-0.15, -0.1) is 0 Å². The first kappa shape index (κ1) is 14.3. The summed E-state index contributed by atoms with van der Waals surface area (Å²) in [6.45, 7) is -0.460. The third-order valence-corrected chi connectivity index (χ3v) is 2.91. The molecule has 0 bridgehead atoms. The fraction of sp³-hybridized carbons (Fsp3) is 0.385. The van der Waals surface area contributed by atoms with Crippen molar-refractivity contribution < 1.29 is 29.3 Å². The Morgan fingerprint density at radius 2 is 2.05 bits per heavy atom. The summed E-state index contributed by atoms with van der Waals surface area (Å²) in [6.07, 6.45) is -3.16. The minimum Gasteiger partial charge on any atom is -0.455 e. The number of amides is 1. The number of alkyl carbamates (subject to hydrolysis) is 1. The highest BCUT2D eigenvalue weighted by Gasteiger charge is 2.44. The van der Waals surface area contributed by atoms with E-state index in [9.17, 15) is 14.7 Å². The fourth-order valence-electron chi connectivity index (χ4n) is 1.83. The predicted molar refractivity (Wildman–Crippen MR) is 66.5 cm³/mol. The van der Waals surface area contributed by atoms with Crippen LogP contribution in [-0.2, 0) is 20.9 Å². The van der Waals surface area contributed by atoms with Gasteiger partial charge in [0.1, 0.15) is 12.7 Å². The third-order valence-electron chi connectivity index (χ3n) is 2.91. The van der Waals surface area contributed by atoms with Gasteiger partial charge in [-0.1, -0.05) is 30.3 Å². The van der Waals surface area contributed by atoms with Gasteiger partial charge in [-0.2, -0.15) is 0 Å². The Hall–Kier alpha value is -2.12. The molecule has 0 saturated carbocycles. The number of cyclic esters (lactones) is 1. The zero-order chi connectivity index (χ0) is 14.5. The van der Waals surface area contributed by atoms with E-state index in [1.54, 1.807) is 24.3 Å². The lowest BCUT2D eigenvalue weighted by atomic mass is 10.1. The Labute approximate surface area is 115 Å². The van der Waals surface area contributed by atoms with Crippen LogP contribution >= 0.6 is 0 Å². The van der Waals surface area contributed by atoms with Crippen LogP contribution in [-0.4, -0.2) is 47.1 Å². The summed E-state index contributed by atoms with van der Waals surface area (Å²) >= 11 is 0. The van der Waals surface area contributed by atoms with E-state index in [-0.39, 0.29) is 6.61 Å². The van der Waals surface area contributed by atoms with Crippen molar-refractivity contribution in [2.45, 2.75) is 24.9 Å². The maximum Gasteiger partial charge on any atom is 0.408 e. The van der Waals surface area contributed by atoms with Crippen molar-refractivity contribution in [1.82, 2.24) is 5.32 Å². The van der Waals surface area contributed by atoms with Crippen molar-refractivity contribution in [3.63, 3.8) is 0 Å². The molecule has 1 saturated heterocycles. The smallest absolute Gasteiger partial charge is 0.408 e. The monoisotopic (exact) mass is 281 g/mol. The third kappa shape index (κ3) is 3.25. The van der Waals surface area contributed by atoms with Crippen LogP contribution in [0.1, 0.15) is 5.56 Å². The molecule has 1 heterocycles. The van der Waals surface area contributed by atoms with Gasteiger partial charge < -0.3 is 25.0 Å². The zero-order valence-electron chi connectivity index (χ0n) is 10.6. The van der Waals surface area contributed by atoms with Gasteiger partial charge in [-0.05, 0) is 5.56 Å². The summed E-state index contributed by atoms with van der Waals surface area (Å²) in [4.78, 5) is 22.9. The molecule has 0 aliphatic carbocycles. The molecule has 0 radical (unpaired) electrons. The number of esters is 1. The molecule has 1 aliphatic rings. The van der Waals surface area contributed by atoms with Gasteiger partial charge >= 0.3 is 12.1 Å². The van der Waals surface area contributed by atoms with Crippen LogP contribution in [0.4, 0.5) is 4.79 Å². The topological polar surface area (TPSA) is 105 Å². The number of hydrogen-bond acceptors (Lipinski definition) is 6. The fourth-order valence-corrected chi connectivity index (χ4v) is 1.83. The van der Waals surface area contributed by atoms with Crippen LogP contribution in [0.15, 0.2) is 30.3 Å². The van der Waals surface area contributed by atoms with Crippen molar-refractivity contribution >= 4 is 12.1 Å². The molecule has 108 valence electrons. The van der Waals surface area contributed by atoms with E-state index in [1.807, 2.05) is 6.07 Å². The number of ether oxygens (including phenoxy) is 2. The van der Waals surface area contributed by atoms with Crippen molar-refractivity contribution in [2.24, 2.45) is 0 Å². The summed E-state index contributed by atoms with van der Waals surface area (Å²) in [7, 11) is 0. The molecule has 0 aromatic heterocycles. The molecule has 3 atom stereocenters. The van der Waals surface area contributed by atoms with Crippen LogP contribution in [0.2, 0.25) is 0 Å². The summed E-state index contributed by atoms with van der Waals surface area (Å²) in [5.74, 6) is -0.798. The summed E-state index contributed by atoms with van der Waals surface area (Å²) in [5.41, 5.74) is 0.797. The van der Waals surface area contributed by atoms with Crippen LogP contribution in [0.3, 0.4) is 0 Å². The van der Waals surface area contributed by atoms with Gasteiger partial charge in [-0.3, -0.25) is 0 Å².